The van der Waals surface area contributed by atoms with Crippen molar-refractivity contribution in [2.45, 2.75) is 38.4 Å². The Hall–Kier alpha value is -0.340. The van der Waals surface area contributed by atoms with Gasteiger partial charge in [0.25, 0.3) is 0 Å². The molecule has 0 radical (unpaired) electrons. The van der Waals surface area contributed by atoms with Crippen LogP contribution in [0.3, 0.4) is 0 Å². The van der Waals surface area contributed by atoms with E-state index in [4.69, 9.17) is 4.74 Å². The summed E-state index contributed by atoms with van der Waals surface area (Å²) in [6, 6.07) is 0. The monoisotopic (exact) mass is 170 g/mol. The van der Waals surface area contributed by atoms with Gasteiger partial charge in [0.15, 0.2) is 0 Å². The third-order valence-corrected chi connectivity index (χ3v) is 2.60. The summed E-state index contributed by atoms with van der Waals surface area (Å²) in [6.07, 6.45) is 4.58. The third kappa shape index (κ3) is 2.32. The van der Waals surface area contributed by atoms with Crippen molar-refractivity contribution in [1.29, 1.82) is 0 Å². The number of aliphatic hydroxyl groups is 1. The lowest BCUT2D eigenvalue weighted by Gasteiger charge is -2.19. The van der Waals surface area contributed by atoms with Gasteiger partial charge in [-0.25, -0.2) is 0 Å². The highest BCUT2D eigenvalue weighted by molar-refractivity contribution is 4.81. The summed E-state index contributed by atoms with van der Waals surface area (Å²) >= 11 is 0. The Kier molecular flexibility index (Phi) is 3.76. The van der Waals surface area contributed by atoms with Gasteiger partial charge >= 0.3 is 0 Å². The molecular weight excluding hydrogens is 152 g/mol. The van der Waals surface area contributed by atoms with Crippen molar-refractivity contribution in [3.63, 3.8) is 0 Å². The predicted molar refractivity (Wildman–Crippen MR) is 49.0 cm³/mol. The maximum atomic E-state index is 9.72. The highest BCUT2D eigenvalue weighted by Crippen LogP contribution is 2.25. The molecule has 1 N–H and O–H groups in total. The Morgan fingerprint density at radius 2 is 2.50 bits per heavy atom. The van der Waals surface area contributed by atoms with Gasteiger partial charge in [0, 0.05) is 12.5 Å². The maximum absolute atomic E-state index is 9.72. The first-order valence-corrected chi connectivity index (χ1v) is 4.66. The number of hydrogen-bond donors (Lipinski definition) is 1. The molecule has 1 aliphatic heterocycles. The summed E-state index contributed by atoms with van der Waals surface area (Å²) in [5, 5.41) is 9.72. The van der Waals surface area contributed by atoms with Crippen LogP contribution in [0.2, 0.25) is 0 Å². The molecule has 0 aromatic carbocycles. The Morgan fingerprint density at radius 1 is 1.75 bits per heavy atom. The first-order valence-electron chi connectivity index (χ1n) is 4.66. The molecule has 1 fully saturated rings. The zero-order valence-corrected chi connectivity index (χ0v) is 7.70. The molecule has 2 heteroatoms. The van der Waals surface area contributed by atoms with Gasteiger partial charge in [-0.05, 0) is 26.2 Å². The fourth-order valence-electron chi connectivity index (χ4n) is 1.76. The highest BCUT2D eigenvalue weighted by atomic mass is 16.5. The van der Waals surface area contributed by atoms with Crippen molar-refractivity contribution in [3.8, 4) is 0 Å². The molecule has 0 amide bonds. The predicted octanol–water partition coefficient (Wildman–Crippen LogP) is 1.74. The Morgan fingerprint density at radius 3 is 3.00 bits per heavy atom. The smallest absolute Gasteiger partial charge is 0.0600 e. The normalized spacial score (nSPS) is 31.8. The Labute approximate surface area is 74.2 Å². The summed E-state index contributed by atoms with van der Waals surface area (Å²) in [6.45, 7) is 6.47. The van der Waals surface area contributed by atoms with Crippen LogP contribution < -0.4 is 0 Å². The van der Waals surface area contributed by atoms with Crippen LogP contribution in [0.25, 0.3) is 0 Å². The van der Waals surface area contributed by atoms with Gasteiger partial charge in [-0.15, -0.1) is 6.58 Å². The van der Waals surface area contributed by atoms with Crippen molar-refractivity contribution in [1.82, 2.24) is 0 Å². The van der Waals surface area contributed by atoms with E-state index in [1.54, 1.807) is 0 Å². The zero-order chi connectivity index (χ0) is 8.97. The van der Waals surface area contributed by atoms with E-state index in [0.717, 1.165) is 25.9 Å². The molecule has 3 unspecified atom stereocenters. The lowest BCUT2D eigenvalue weighted by Crippen LogP contribution is -2.25. The van der Waals surface area contributed by atoms with Crippen LogP contribution in [0.5, 0.6) is 0 Å². The van der Waals surface area contributed by atoms with Crippen LogP contribution in [-0.4, -0.2) is 23.9 Å². The molecule has 0 bridgehead atoms. The summed E-state index contributed by atoms with van der Waals surface area (Å²) in [7, 11) is 0. The molecule has 3 atom stereocenters. The summed E-state index contributed by atoms with van der Waals surface area (Å²) in [5.41, 5.74) is 0. The fraction of sp³-hybridized carbons (Fsp3) is 0.800. The summed E-state index contributed by atoms with van der Waals surface area (Å²) in [5.74, 6) is 0.338. The van der Waals surface area contributed by atoms with E-state index in [1.807, 2.05) is 13.0 Å². The number of aliphatic hydroxyl groups excluding tert-OH is 1. The van der Waals surface area contributed by atoms with Crippen molar-refractivity contribution >= 4 is 0 Å². The average Bonchev–Trinajstić information content (AvgIpc) is 2.47. The zero-order valence-electron chi connectivity index (χ0n) is 7.70. The highest BCUT2D eigenvalue weighted by Gasteiger charge is 2.29. The molecule has 70 valence electrons. The minimum Gasteiger partial charge on any atom is -0.393 e. The SMILES string of the molecule is C=CCCC(O)C1CCOC1C. The van der Waals surface area contributed by atoms with Crippen LogP contribution >= 0.6 is 0 Å². The molecule has 2 nitrogen and oxygen atoms in total. The maximum Gasteiger partial charge on any atom is 0.0600 e. The number of ether oxygens (including phenoxy) is 1. The number of allylic oxidation sites excluding steroid dienone is 1. The quantitative estimate of drug-likeness (QED) is 0.651. The molecule has 1 saturated heterocycles. The van der Waals surface area contributed by atoms with Crippen LogP contribution in [0.4, 0.5) is 0 Å². The van der Waals surface area contributed by atoms with Crippen molar-refractivity contribution < 1.29 is 9.84 Å². The van der Waals surface area contributed by atoms with Crippen molar-refractivity contribution in [2.75, 3.05) is 6.61 Å². The average molecular weight is 170 g/mol. The summed E-state index contributed by atoms with van der Waals surface area (Å²) in [4.78, 5) is 0. The Balaban J connectivity index is 2.29. The second-order valence-electron chi connectivity index (χ2n) is 3.46. The van der Waals surface area contributed by atoms with E-state index in [1.165, 1.54) is 0 Å². The minimum absolute atomic E-state index is 0.208. The molecule has 0 aromatic heterocycles. The molecule has 12 heavy (non-hydrogen) atoms. The standard InChI is InChI=1S/C10H18O2/c1-3-4-5-10(11)9-6-7-12-8(9)2/h3,8-11H,1,4-7H2,2H3. The lowest BCUT2D eigenvalue weighted by molar-refractivity contribution is 0.0402. The van der Waals surface area contributed by atoms with Crippen LogP contribution in [-0.2, 0) is 4.74 Å². The van der Waals surface area contributed by atoms with Crippen molar-refractivity contribution in [3.05, 3.63) is 12.7 Å². The topological polar surface area (TPSA) is 29.5 Å². The Bertz CT molecular complexity index is 145. The van der Waals surface area contributed by atoms with Crippen molar-refractivity contribution in [2.24, 2.45) is 5.92 Å². The van der Waals surface area contributed by atoms with E-state index < -0.39 is 0 Å². The molecule has 0 saturated carbocycles. The second kappa shape index (κ2) is 4.63. The second-order valence-corrected chi connectivity index (χ2v) is 3.46. The lowest BCUT2D eigenvalue weighted by atomic mass is 9.93. The van der Waals surface area contributed by atoms with Crippen LogP contribution in [0.15, 0.2) is 12.7 Å². The van der Waals surface area contributed by atoms with E-state index in [0.29, 0.717) is 5.92 Å². The molecule has 0 spiro atoms. The number of hydrogen-bond acceptors (Lipinski definition) is 2. The molecule has 1 heterocycles. The van der Waals surface area contributed by atoms with E-state index >= 15 is 0 Å². The van der Waals surface area contributed by atoms with E-state index in [-0.39, 0.29) is 12.2 Å². The molecule has 0 aliphatic carbocycles. The van der Waals surface area contributed by atoms with Gasteiger partial charge < -0.3 is 9.84 Å². The molecular formula is C10H18O2. The first-order chi connectivity index (χ1) is 5.75. The minimum atomic E-state index is -0.208. The van der Waals surface area contributed by atoms with Gasteiger partial charge in [-0.2, -0.15) is 0 Å². The van der Waals surface area contributed by atoms with Crippen LogP contribution in [0.1, 0.15) is 26.2 Å². The van der Waals surface area contributed by atoms with Gasteiger partial charge in [-0.1, -0.05) is 6.08 Å². The van der Waals surface area contributed by atoms with Gasteiger partial charge in [0.1, 0.15) is 0 Å². The first kappa shape index (κ1) is 9.75. The largest absolute Gasteiger partial charge is 0.393 e. The molecule has 1 aliphatic rings. The van der Waals surface area contributed by atoms with Gasteiger partial charge in [0.2, 0.25) is 0 Å². The summed E-state index contributed by atoms with van der Waals surface area (Å²) < 4.78 is 5.38. The van der Waals surface area contributed by atoms with Gasteiger partial charge in [-0.3, -0.25) is 0 Å². The van der Waals surface area contributed by atoms with E-state index in [2.05, 4.69) is 6.58 Å². The fourth-order valence-corrected chi connectivity index (χ4v) is 1.76. The van der Waals surface area contributed by atoms with E-state index in [9.17, 15) is 5.11 Å². The molecule has 1 rings (SSSR count). The third-order valence-electron chi connectivity index (χ3n) is 2.60. The van der Waals surface area contributed by atoms with Crippen LogP contribution in [0, 0.1) is 5.92 Å². The molecule has 0 aromatic rings. The van der Waals surface area contributed by atoms with Gasteiger partial charge in [0.05, 0.1) is 12.2 Å². The number of rotatable bonds is 4.